The van der Waals surface area contributed by atoms with E-state index < -0.39 is 40.0 Å². The van der Waals surface area contributed by atoms with Crippen molar-refractivity contribution in [1.29, 1.82) is 0 Å². The van der Waals surface area contributed by atoms with E-state index in [0.717, 1.165) is 12.2 Å². The molecule has 2 N–H and O–H groups in total. The normalized spacial score (nSPS) is 20.6. The van der Waals surface area contributed by atoms with Gasteiger partial charge in [-0.3, -0.25) is 18.7 Å². The highest BCUT2D eigenvalue weighted by Gasteiger charge is 2.54. The molecule has 2 aliphatic rings. The maximum Gasteiger partial charge on any atom is 0.352 e. The van der Waals surface area contributed by atoms with Gasteiger partial charge in [-0.15, -0.1) is 33.3 Å². The molecule has 14 heteroatoms. The predicted octanol–water partition coefficient (Wildman–Crippen LogP) is 1.56. The average Bonchev–Trinajstić information content (AvgIpc) is 3.50. The molecule has 0 saturated carbocycles. The van der Waals surface area contributed by atoms with Crippen molar-refractivity contribution in [2.45, 2.75) is 47.6 Å². The largest absolute Gasteiger partial charge is 0.477 e. The van der Waals surface area contributed by atoms with Gasteiger partial charge in [0.15, 0.2) is 5.16 Å². The van der Waals surface area contributed by atoms with Gasteiger partial charge in [0.1, 0.15) is 28.7 Å². The van der Waals surface area contributed by atoms with Gasteiger partial charge in [0.05, 0.1) is 15.0 Å². The van der Waals surface area contributed by atoms with Gasteiger partial charge in [-0.1, -0.05) is 24.8 Å². The third kappa shape index (κ3) is 4.81. The number of nitrogens with zero attached hydrogens (tertiary/aromatic N) is 4. The number of fused-ring (bicyclic) bond motifs is 1. The standard InChI is InChI=1S/C20H23N5O5S4/c1-3-12-22-23-20(24(12)4-2)33-9-11-8-32-18-15(17(27)25(18)16(11)19(28)29)21-13(26)10-34(30)14-6-5-7-31-14/h5-7,15,18H,3-4,8-10H2,1-2H3,(H,21,26)(H,28,29)/t15?,18-,34?/m0/s1. The minimum Gasteiger partial charge on any atom is -0.477 e. The highest BCUT2D eigenvalue weighted by Crippen LogP contribution is 2.41. The molecule has 2 amide bonds. The van der Waals surface area contributed by atoms with Crippen molar-refractivity contribution < 1.29 is 23.7 Å². The van der Waals surface area contributed by atoms with Gasteiger partial charge in [0.2, 0.25) is 5.91 Å². The van der Waals surface area contributed by atoms with Gasteiger partial charge in [-0.25, -0.2) is 4.79 Å². The van der Waals surface area contributed by atoms with Crippen molar-refractivity contribution in [2.24, 2.45) is 0 Å². The fourth-order valence-corrected chi connectivity index (χ4v) is 8.17. The minimum atomic E-state index is -1.49. The Labute approximate surface area is 211 Å². The first kappa shape index (κ1) is 24.9. The van der Waals surface area contributed by atoms with E-state index in [2.05, 4.69) is 15.5 Å². The van der Waals surface area contributed by atoms with E-state index in [0.29, 0.717) is 33.0 Å². The number of β-lactam (4-membered cyclic amide) rings is 1. The summed E-state index contributed by atoms with van der Waals surface area (Å²) in [5.74, 6) is -0.753. The molecule has 2 unspecified atom stereocenters. The lowest BCUT2D eigenvalue weighted by atomic mass is 10.0. The Morgan fingerprint density at radius 1 is 1.35 bits per heavy atom. The number of carboxylic acids is 1. The molecule has 0 bridgehead atoms. The number of aliphatic carboxylic acids is 1. The summed E-state index contributed by atoms with van der Waals surface area (Å²) in [5.41, 5.74) is 0.589. The number of thioether (sulfide) groups is 2. The second-order valence-corrected chi connectivity index (χ2v) is 12.1. The highest BCUT2D eigenvalue weighted by molar-refractivity contribution is 8.01. The van der Waals surface area contributed by atoms with Crippen LogP contribution in [0.4, 0.5) is 0 Å². The van der Waals surface area contributed by atoms with Gasteiger partial charge in [-0.2, -0.15) is 0 Å². The van der Waals surface area contributed by atoms with Crippen LogP contribution in [0.3, 0.4) is 0 Å². The zero-order valence-corrected chi connectivity index (χ0v) is 21.7. The van der Waals surface area contributed by atoms with Crippen LogP contribution < -0.4 is 5.32 Å². The number of amides is 2. The first-order valence-corrected chi connectivity index (χ1v) is 14.7. The molecule has 0 aliphatic carbocycles. The fourth-order valence-electron chi connectivity index (χ4n) is 3.75. The number of carboxylic acid groups (broad SMARTS) is 1. The van der Waals surface area contributed by atoms with Crippen LogP contribution in [0, 0.1) is 0 Å². The number of hydrogen-bond acceptors (Lipinski definition) is 9. The Kier molecular flexibility index (Phi) is 7.80. The summed E-state index contributed by atoms with van der Waals surface area (Å²) in [5, 5.41) is 22.9. The molecule has 2 aromatic rings. The Morgan fingerprint density at radius 2 is 2.15 bits per heavy atom. The van der Waals surface area contributed by atoms with Crippen molar-refractivity contribution in [3.8, 4) is 0 Å². The maximum absolute atomic E-state index is 12.8. The van der Waals surface area contributed by atoms with Crippen LogP contribution in [0.5, 0.6) is 0 Å². The smallest absolute Gasteiger partial charge is 0.352 e. The summed E-state index contributed by atoms with van der Waals surface area (Å²) >= 11 is 4.10. The molecule has 0 spiro atoms. The number of carbonyl (C=O) groups excluding carboxylic acids is 2. The van der Waals surface area contributed by atoms with E-state index in [1.807, 2.05) is 18.4 Å². The number of nitrogens with one attached hydrogen (secondary N) is 1. The average molecular weight is 542 g/mol. The van der Waals surface area contributed by atoms with Crippen LogP contribution >= 0.6 is 34.9 Å². The second-order valence-electron chi connectivity index (χ2n) is 7.42. The SMILES string of the molecule is CCc1nnc(SCC2=C(C(=O)O)N3C(=O)C(NC(=O)CS(=O)c4cccs4)[C@@H]3SC2)n1CC. The summed E-state index contributed by atoms with van der Waals surface area (Å²) < 4.78 is 14.9. The Bertz CT molecular complexity index is 1160. The first-order valence-electron chi connectivity index (χ1n) is 10.5. The molecule has 4 rings (SSSR count). The van der Waals surface area contributed by atoms with Crippen molar-refractivity contribution in [2.75, 3.05) is 17.3 Å². The number of carbonyl (C=O) groups is 3. The fraction of sp³-hybridized carbons (Fsp3) is 0.450. The lowest BCUT2D eigenvalue weighted by Crippen LogP contribution is -2.70. The van der Waals surface area contributed by atoms with Gasteiger partial charge in [-0.05, 0) is 23.9 Å². The van der Waals surface area contributed by atoms with Crippen LogP contribution in [0.25, 0.3) is 0 Å². The van der Waals surface area contributed by atoms with E-state index in [1.165, 1.54) is 39.8 Å². The van der Waals surface area contributed by atoms with E-state index >= 15 is 0 Å². The number of rotatable bonds is 10. The highest BCUT2D eigenvalue weighted by atomic mass is 32.2. The van der Waals surface area contributed by atoms with Gasteiger partial charge < -0.3 is 15.0 Å². The quantitative estimate of drug-likeness (QED) is 0.339. The molecule has 4 heterocycles. The van der Waals surface area contributed by atoms with E-state index in [1.54, 1.807) is 17.5 Å². The van der Waals surface area contributed by atoms with Gasteiger partial charge in [0, 0.05) is 24.5 Å². The maximum atomic E-state index is 12.8. The number of aromatic nitrogens is 3. The predicted molar refractivity (Wildman–Crippen MR) is 131 cm³/mol. The molecular formula is C20H23N5O5S4. The molecule has 1 fully saturated rings. The number of thiophene rings is 1. The Hall–Kier alpha value is -2.16. The van der Waals surface area contributed by atoms with E-state index in [4.69, 9.17) is 0 Å². The van der Waals surface area contributed by atoms with Crippen molar-refractivity contribution >= 4 is 63.4 Å². The summed E-state index contributed by atoms with van der Waals surface area (Å²) in [6.07, 6.45) is 0.748. The number of aryl methyl sites for hydroxylation is 1. The van der Waals surface area contributed by atoms with Gasteiger partial charge >= 0.3 is 5.97 Å². The van der Waals surface area contributed by atoms with Crippen LogP contribution in [-0.4, -0.2) is 75.4 Å². The monoisotopic (exact) mass is 541 g/mol. The second kappa shape index (κ2) is 10.6. The molecule has 2 aliphatic heterocycles. The van der Waals surface area contributed by atoms with Crippen molar-refractivity contribution in [1.82, 2.24) is 25.0 Å². The van der Waals surface area contributed by atoms with Crippen LogP contribution in [-0.2, 0) is 38.1 Å². The molecule has 0 radical (unpaired) electrons. The molecule has 2 aromatic heterocycles. The van der Waals surface area contributed by atoms with Crippen LogP contribution in [0.15, 0.2) is 38.1 Å². The van der Waals surface area contributed by atoms with Crippen molar-refractivity contribution in [3.63, 3.8) is 0 Å². The Balaban J connectivity index is 1.43. The number of hydrogen-bond donors (Lipinski definition) is 2. The summed E-state index contributed by atoms with van der Waals surface area (Å²) in [6, 6.07) is 2.61. The minimum absolute atomic E-state index is 0.0350. The summed E-state index contributed by atoms with van der Waals surface area (Å²) in [4.78, 5) is 38.5. The molecule has 10 nitrogen and oxygen atoms in total. The van der Waals surface area contributed by atoms with E-state index in [-0.39, 0.29) is 11.4 Å². The summed E-state index contributed by atoms with van der Waals surface area (Å²) in [6.45, 7) is 4.71. The van der Waals surface area contributed by atoms with Crippen LogP contribution in [0.1, 0.15) is 19.7 Å². The molecule has 0 aromatic carbocycles. The van der Waals surface area contributed by atoms with Crippen molar-refractivity contribution in [3.05, 3.63) is 34.6 Å². The summed E-state index contributed by atoms with van der Waals surface area (Å²) in [7, 11) is -1.49. The van der Waals surface area contributed by atoms with Gasteiger partial charge in [0.25, 0.3) is 5.91 Å². The van der Waals surface area contributed by atoms with Crippen LogP contribution in [0.2, 0.25) is 0 Å². The Morgan fingerprint density at radius 3 is 2.79 bits per heavy atom. The van der Waals surface area contributed by atoms with E-state index in [9.17, 15) is 23.7 Å². The third-order valence-corrected chi connectivity index (χ3v) is 10.4. The molecule has 3 atom stereocenters. The lowest BCUT2D eigenvalue weighted by Gasteiger charge is -2.49. The molecular weight excluding hydrogens is 519 g/mol. The molecule has 34 heavy (non-hydrogen) atoms. The molecule has 1 saturated heterocycles. The zero-order chi connectivity index (χ0) is 24.4. The first-order chi connectivity index (χ1) is 16.3. The zero-order valence-electron chi connectivity index (χ0n) is 18.4. The third-order valence-electron chi connectivity index (χ3n) is 5.35. The molecule has 182 valence electrons. The topological polar surface area (TPSA) is 134 Å². The lowest BCUT2D eigenvalue weighted by molar-refractivity contribution is -0.150.